The van der Waals surface area contributed by atoms with Gasteiger partial charge in [-0.15, -0.1) is 0 Å². The maximum atomic E-state index is 14.1. The summed E-state index contributed by atoms with van der Waals surface area (Å²) in [6, 6.07) is 7.30. The van der Waals surface area contributed by atoms with Gasteiger partial charge in [-0.3, -0.25) is 9.69 Å². The van der Waals surface area contributed by atoms with Gasteiger partial charge in [-0.1, -0.05) is 12.1 Å². The van der Waals surface area contributed by atoms with E-state index in [0.29, 0.717) is 11.1 Å². The van der Waals surface area contributed by atoms with Crippen molar-refractivity contribution in [1.29, 1.82) is 0 Å². The number of likely N-dealkylation sites (tertiary alicyclic amines) is 1. The Morgan fingerprint density at radius 3 is 2.70 bits per heavy atom. The van der Waals surface area contributed by atoms with E-state index in [0.717, 1.165) is 18.2 Å². The van der Waals surface area contributed by atoms with Crippen LogP contribution in [0.25, 0.3) is 0 Å². The van der Waals surface area contributed by atoms with E-state index in [4.69, 9.17) is 0 Å². The number of benzene rings is 2. The van der Waals surface area contributed by atoms with Crippen LogP contribution in [0.2, 0.25) is 0 Å². The number of carbonyl (C=O) groups excluding carboxylic acids is 1. The van der Waals surface area contributed by atoms with E-state index < -0.39 is 23.8 Å². The highest BCUT2D eigenvalue weighted by Gasteiger charge is 2.34. The van der Waals surface area contributed by atoms with Crippen molar-refractivity contribution in [3.8, 4) is 0 Å². The van der Waals surface area contributed by atoms with Crippen LogP contribution in [0.4, 0.5) is 13.2 Å². The molecule has 0 aromatic heterocycles. The van der Waals surface area contributed by atoms with Crippen molar-refractivity contribution in [1.82, 2.24) is 10.2 Å². The molecule has 2 unspecified atom stereocenters. The van der Waals surface area contributed by atoms with E-state index in [1.807, 2.05) is 0 Å². The lowest BCUT2D eigenvalue weighted by Gasteiger charge is -2.24. The van der Waals surface area contributed by atoms with Crippen LogP contribution in [0.5, 0.6) is 0 Å². The highest BCUT2D eigenvalue weighted by atomic mass is 19.1. The van der Waals surface area contributed by atoms with Crippen LogP contribution in [-0.4, -0.2) is 35.1 Å². The van der Waals surface area contributed by atoms with Crippen molar-refractivity contribution in [2.75, 3.05) is 13.1 Å². The number of nitrogens with zero attached hydrogens (tertiary/aromatic N) is 1. The van der Waals surface area contributed by atoms with Gasteiger partial charge in [0.2, 0.25) is 5.91 Å². The van der Waals surface area contributed by atoms with E-state index in [9.17, 15) is 23.1 Å². The number of halogens is 3. The third-order valence-corrected chi connectivity index (χ3v) is 4.77. The Labute approximate surface area is 155 Å². The van der Waals surface area contributed by atoms with Crippen molar-refractivity contribution < 1.29 is 23.1 Å². The van der Waals surface area contributed by atoms with Crippen molar-refractivity contribution in [2.45, 2.75) is 32.0 Å². The molecule has 0 radical (unpaired) electrons. The van der Waals surface area contributed by atoms with Crippen LogP contribution in [-0.2, 0) is 11.3 Å². The Balaban J connectivity index is 1.64. The minimum absolute atomic E-state index is 0.0774. The van der Waals surface area contributed by atoms with Gasteiger partial charge in [0.05, 0.1) is 12.6 Å². The van der Waals surface area contributed by atoms with Gasteiger partial charge in [0.15, 0.2) is 0 Å². The Hall–Kier alpha value is -2.38. The van der Waals surface area contributed by atoms with Gasteiger partial charge >= 0.3 is 0 Å². The molecule has 7 heteroatoms. The number of hydrogen-bond donors (Lipinski definition) is 2. The second kappa shape index (κ2) is 8.10. The first-order valence-electron chi connectivity index (χ1n) is 8.72. The summed E-state index contributed by atoms with van der Waals surface area (Å²) >= 11 is 0. The molecule has 1 fully saturated rings. The summed E-state index contributed by atoms with van der Waals surface area (Å²) in [6.07, 6.45) is -0.506. The molecule has 27 heavy (non-hydrogen) atoms. The van der Waals surface area contributed by atoms with Crippen LogP contribution in [0.1, 0.15) is 29.2 Å². The summed E-state index contributed by atoms with van der Waals surface area (Å²) in [7, 11) is 0. The third kappa shape index (κ3) is 4.67. The van der Waals surface area contributed by atoms with Gasteiger partial charge in [0, 0.05) is 24.7 Å². The van der Waals surface area contributed by atoms with Crippen LogP contribution in [0.15, 0.2) is 36.4 Å². The maximum absolute atomic E-state index is 14.1. The van der Waals surface area contributed by atoms with Gasteiger partial charge in [-0.25, -0.2) is 13.2 Å². The quantitative estimate of drug-likeness (QED) is 0.841. The van der Waals surface area contributed by atoms with Crippen molar-refractivity contribution in [2.24, 2.45) is 0 Å². The van der Waals surface area contributed by atoms with Crippen molar-refractivity contribution in [3.05, 3.63) is 70.5 Å². The molecule has 0 saturated carbocycles. The Morgan fingerprint density at radius 2 is 1.96 bits per heavy atom. The summed E-state index contributed by atoms with van der Waals surface area (Å²) in [5.41, 5.74) is 1.27. The first-order chi connectivity index (χ1) is 12.8. The number of amides is 1. The zero-order chi connectivity index (χ0) is 19.6. The molecule has 2 N–H and O–H groups in total. The predicted octanol–water partition coefficient (Wildman–Crippen LogP) is 2.84. The Morgan fingerprint density at radius 1 is 1.19 bits per heavy atom. The smallest absolute Gasteiger partial charge is 0.234 e. The van der Waals surface area contributed by atoms with E-state index in [-0.39, 0.29) is 43.3 Å². The molecule has 1 amide bonds. The average Bonchev–Trinajstić information content (AvgIpc) is 2.98. The molecule has 1 saturated heterocycles. The van der Waals surface area contributed by atoms with Crippen molar-refractivity contribution >= 4 is 5.91 Å². The predicted molar refractivity (Wildman–Crippen MR) is 94.3 cm³/mol. The lowest BCUT2D eigenvalue weighted by molar-refractivity contribution is -0.122. The number of β-amino-alcohol motifs (C(OH)–C–C–N with tert-alkyl or cyclic N) is 1. The first kappa shape index (κ1) is 19.4. The minimum atomic E-state index is -0.725. The van der Waals surface area contributed by atoms with Gasteiger partial charge < -0.3 is 10.4 Å². The highest BCUT2D eigenvalue weighted by Crippen LogP contribution is 2.33. The number of rotatable bonds is 5. The van der Waals surface area contributed by atoms with Crippen LogP contribution >= 0.6 is 0 Å². The molecule has 0 aliphatic carbocycles. The van der Waals surface area contributed by atoms with Gasteiger partial charge in [-0.05, 0) is 48.7 Å². The number of carbonyl (C=O) groups is 1. The molecule has 0 bridgehead atoms. The molecule has 4 nitrogen and oxygen atoms in total. The van der Waals surface area contributed by atoms with Crippen LogP contribution < -0.4 is 5.32 Å². The first-order valence-corrected chi connectivity index (χ1v) is 8.72. The molecule has 3 rings (SSSR count). The van der Waals surface area contributed by atoms with E-state index >= 15 is 0 Å². The van der Waals surface area contributed by atoms with E-state index in [2.05, 4.69) is 5.32 Å². The molecule has 2 aromatic rings. The number of aliphatic hydroxyl groups is 1. The molecule has 2 aromatic carbocycles. The molecule has 144 valence electrons. The molecule has 1 aliphatic rings. The molecule has 1 aliphatic heterocycles. The standard InChI is InChI=1S/C20H21F3N2O2/c1-12-2-3-13(6-18(12)23)9-24-20(27)11-25-10-15(26)8-19(25)16-7-14(21)4-5-17(16)22/h2-7,15,19,26H,8-11H2,1H3,(H,24,27). The summed E-state index contributed by atoms with van der Waals surface area (Å²) in [5.74, 6) is -1.83. The highest BCUT2D eigenvalue weighted by molar-refractivity contribution is 5.78. The third-order valence-electron chi connectivity index (χ3n) is 4.77. The zero-order valence-corrected chi connectivity index (χ0v) is 14.9. The second-order valence-corrected chi connectivity index (χ2v) is 6.86. The fourth-order valence-electron chi connectivity index (χ4n) is 3.33. The summed E-state index contributed by atoms with van der Waals surface area (Å²) in [6.45, 7) is 1.92. The monoisotopic (exact) mass is 378 g/mol. The van der Waals surface area contributed by atoms with Gasteiger partial charge in [0.25, 0.3) is 0 Å². The van der Waals surface area contributed by atoms with Gasteiger partial charge in [0.1, 0.15) is 17.5 Å². The number of hydrogen-bond acceptors (Lipinski definition) is 3. The normalized spacial score (nSPS) is 20.0. The van der Waals surface area contributed by atoms with Crippen LogP contribution in [0, 0.1) is 24.4 Å². The summed E-state index contributed by atoms with van der Waals surface area (Å²) in [4.78, 5) is 13.9. The second-order valence-electron chi connectivity index (χ2n) is 6.86. The summed E-state index contributed by atoms with van der Waals surface area (Å²) in [5, 5.41) is 12.6. The van der Waals surface area contributed by atoms with Crippen molar-refractivity contribution in [3.63, 3.8) is 0 Å². The SMILES string of the molecule is Cc1ccc(CNC(=O)CN2CC(O)CC2c2cc(F)ccc2F)cc1F. The molecular weight excluding hydrogens is 357 g/mol. The number of aryl methyl sites for hydroxylation is 1. The minimum Gasteiger partial charge on any atom is -0.392 e. The fourth-order valence-corrected chi connectivity index (χ4v) is 3.33. The number of nitrogens with one attached hydrogen (secondary N) is 1. The molecule has 2 atom stereocenters. The van der Waals surface area contributed by atoms with E-state index in [1.54, 1.807) is 24.0 Å². The Bertz CT molecular complexity index is 844. The lowest BCUT2D eigenvalue weighted by atomic mass is 10.0. The largest absolute Gasteiger partial charge is 0.392 e. The molecular formula is C20H21F3N2O2. The summed E-state index contributed by atoms with van der Waals surface area (Å²) < 4.78 is 41.2. The topological polar surface area (TPSA) is 52.6 Å². The van der Waals surface area contributed by atoms with Gasteiger partial charge in [-0.2, -0.15) is 0 Å². The zero-order valence-electron chi connectivity index (χ0n) is 14.9. The molecule has 1 heterocycles. The Kier molecular flexibility index (Phi) is 5.82. The lowest BCUT2D eigenvalue weighted by Crippen LogP contribution is -2.37. The molecule has 0 spiro atoms. The number of aliphatic hydroxyl groups excluding tert-OH is 1. The van der Waals surface area contributed by atoms with Crippen LogP contribution in [0.3, 0.4) is 0 Å². The fraction of sp³-hybridized carbons (Fsp3) is 0.350. The maximum Gasteiger partial charge on any atom is 0.234 e. The van der Waals surface area contributed by atoms with E-state index in [1.165, 1.54) is 6.07 Å². The average molecular weight is 378 g/mol.